The molecular weight excluding hydrogens is 365 g/mol. The number of Topliss-reactive ketones (excluding diaryl/α,β-unsaturated/α-hetero) is 1. The van der Waals surface area contributed by atoms with Gasteiger partial charge in [-0.15, -0.1) is 0 Å². The van der Waals surface area contributed by atoms with Gasteiger partial charge < -0.3 is 9.47 Å². The summed E-state index contributed by atoms with van der Waals surface area (Å²) >= 11 is 0.782. The predicted octanol–water partition coefficient (Wildman–Crippen LogP) is 2.35. The number of thioether (sulfide) groups is 1. The van der Waals surface area contributed by atoms with E-state index in [-0.39, 0.29) is 18.8 Å². The van der Waals surface area contributed by atoms with Crippen molar-refractivity contribution in [2.75, 3.05) is 13.7 Å². The van der Waals surface area contributed by atoms with Gasteiger partial charge in [0.25, 0.3) is 5.24 Å². The van der Waals surface area contributed by atoms with Gasteiger partial charge in [0, 0.05) is 5.56 Å². The lowest BCUT2D eigenvalue weighted by Crippen LogP contribution is -2.38. The zero-order chi connectivity index (χ0) is 19.4. The lowest BCUT2D eigenvalue weighted by molar-refractivity contribution is -0.119. The summed E-state index contributed by atoms with van der Waals surface area (Å²) in [6, 6.07) is 13.7. The topological polar surface area (TPSA) is 81.7 Å². The Morgan fingerprint density at radius 2 is 1.89 bits per heavy atom. The van der Waals surface area contributed by atoms with Crippen molar-refractivity contribution < 1.29 is 23.9 Å². The van der Waals surface area contributed by atoms with E-state index in [1.807, 2.05) is 0 Å². The van der Waals surface area contributed by atoms with Gasteiger partial charge in [-0.2, -0.15) is 0 Å². The van der Waals surface area contributed by atoms with Gasteiger partial charge >= 0.3 is 0 Å². The highest BCUT2D eigenvalue weighted by Gasteiger charge is 2.42. The summed E-state index contributed by atoms with van der Waals surface area (Å²) in [5.74, 6) is 0.451. The van der Waals surface area contributed by atoms with Crippen LogP contribution in [0.3, 0.4) is 0 Å². The van der Waals surface area contributed by atoms with Crippen molar-refractivity contribution in [3.05, 3.63) is 59.7 Å². The minimum Gasteiger partial charge on any atom is -0.497 e. The fourth-order valence-electron chi connectivity index (χ4n) is 2.59. The van der Waals surface area contributed by atoms with Crippen molar-refractivity contribution >= 4 is 36.5 Å². The van der Waals surface area contributed by atoms with E-state index in [0.29, 0.717) is 17.1 Å². The number of hydrogen-bond acceptors (Lipinski definition) is 6. The van der Waals surface area contributed by atoms with E-state index in [0.717, 1.165) is 17.3 Å². The average molecular weight is 381 g/mol. The van der Waals surface area contributed by atoms with Crippen LogP contribution < -0.4 is 14.8 Å². The Bertz CT molecular complexity index is 886. The summed E-state index contributed by atoms with van der Waals surface area (Å²) in [7, 11) is 7.53. The number of benzene rings is 2. The van der Waals surface area contributed by atoms with Crippen LogP contribution in [0.15, 0.2) is 48.5 Å². The molecule has 1 aliphatic rings. The number of ether oxygens (including phenoxy) is 2. The Balaban J connectivity index is 1.58. The first-order valence-corrected chi connectivity index (χ1v) is 8.93. The van der Waals surface area contributed by atoms with Gasteiger partial charge in [-0.3, -0.25) is 19.7 Å². The van der Waals surface area contributed by atoms with Gasteiger partial charge in [0.2, 0.25) is 5.91 Å². The minimum absolute atomic E-state index is 0.111. The molecule has 0 bridgehead atoms. The molecule has 2 aromatic carbocycles. The van der Waals surface area contributed by atoms with Crippen LogP contribution in [-0.2, 0) is 11.2 Å². The molecular formula is C19H16BNO5S. The summed E-state index contributed by atoms with van der Waals surface area (Å²) in [6.07, 6.45) is 0.207. The molecule has 1 N–H and O–H groups in total. The molecule has 0 aliphatic carbocycles. The highest BCUT2D eigenvalue weighted by Crippen LogP contribution is 2.32. The van der Waals surface area contributed by atoms with Crippen molar-refractivity contribution in [2.24, 2.45) is 0 Å². The highest BCUT2D eigenvalue weighted by atomic mass is 32.2. The molecule has 1 atom stereocenters. The first-order valence-electron chi connectivity index (χ1n) is 8.12. The number of amides is 2. The first kappa shape index (κ1) is 19.0. The van der Waals surface area contributed by atoms with Crippen LogP contribution in [0.1, 0.15) is 15.9 Å². The van der Waals surface area contributed by atoms with E-state index < -0.39 is 15.8 Å². The zero-order valence-electron chi connectivity index (χ0n) is 14.6. The maximum Gasteiger partial charge on any atom is 0.285 e. The summed E-state index contributed by atoms with van der Waals surface area (Å²) in [5, 5.41) is 1.74. The van der Waals surface area contributed by atoms with Gasteiger partial charge in [0.15, 0.2) is 12.4 Å². The molecule has 27 heavy (non-hydrogen) atoms. The number of carbonyl (C=O) groups excluding carboxylic acids is 3. The third-order valence-electron chi connectivity index (χ3n) is 4.03. The normalized spacial score (nSPS) is 18.9. The maximum absolute atomic E-state index is 12.2. The number of hydrogen-bond donors (Lipinski definition) is 1. The van der Waals surface area contributed by atoms with Gasteiger partial charge in [0.1, 0.15) is 19.3 Å². The number of carbonyl (C=O) groups is 3. The van der Waals surface area contributed by atoms with Crippen LogP contribution in [0, 0.1) is 0 Å². The molecule has 0 unspecified atom stereocenters. The molecule has 0 aromatic heterocycles. The molecule has 0 spiro atoms. The van der Waals surface area contributed by atoms with E-state index in [2.05, 4.69) is 5.32 Å². The van der Waals surface area contributed by atoms with Crippen molar-refractivity contribution in [3.63, 3.8) is 0 Å². The number of ketones is 1. The molecule has 2 radical (unpaired) electrons. The molecule has 1 fully saturated rings. The fraction of sp³-hybridized carbons (Fsp3) is 0.211. The van der Waals surface area contributed by atoms with Crippen molar-refractivity contribution in [1.29, 1.82) is 0 Å². The summed E-state index contributed by atoms with van der Waals surface area (Å²) in [5.41, 5.74) is 1.28. The number of nitrogens with one attached hydrogen (secondary N) is 1. The molecule has 1 saturated heterocycles. The van der Waals surface area contributed by atoms with Gasteiger partial charge in [-0.1, -0.05) is 36.0 Å². The van der Waals surface area contributed by atoms with E-state index in [1.54, 1.807) is 48.5 Å². The fourth-order valence-corrected chi connectivity index (χ4v) is 3.44. The quantitative estimate of drug-likeness (QED) is 0.586. The van der Waals surface area contributed by atoms with Crippen molar-refractivity contribution in [3.8, 4) is 11.5 Å². The zero-order valence-corrected chi connectivity index (χ0v) is 15.4. The monoisotopic (exact) mass is 381 g/mol. The van der Waals surface area contributed by atoms with Crippen molar-refractivity contribution in [2.45, 2.75) is 11.1 Å². The van der Waals surface area contributed by atoms with Crippen LogP contribution in [0.5, 0.6) is 11.5 Å². The number of rotatable bonds is 7. The molecule has 136 valence electrons. The Hall–Kier alpha value is -2.74. The highest BCUT2D eigenvalue weighted by molar-refractivity contribution is 8.17. The van der Waals surface area contributed by atoms with Gasteiger partial charge in [0.05, 0.1) is 11.8 Å². The summed E-state index contributed by atoms with van der Waals surface area (Å²) in [6.45, 7) is -0.111. The van der Waals surface area contributed by atoms with Gasteiger partial charge in [-0.05, 0) is 36.2 Å². The largest absolute Gasteiger partial charge is 0.497 e. The molecule has 2 amide bonds. The van der Waals surface area contributed by atoms with E-state index in [4.69, 9.17) is 17.3 Å². The minimum atomic E-state index is -1.30. The SMILES string of the molecule is [B][C@@]1(Cc2ccc(OCC(=O)c3cccc(OC)c3)cc2)SC(=O)NC1=O. The second-order valence-electron chi connectivity index (χ2n) is 6.00. The van der Waals surface area contributed by atoms with Gasteiger partial charge in [-0.25, -0.2) is 0 Å². The van der Waals surface area contributed by atoms with E-state index in [1.165, 1.54) is 7.11 Å². The molecule has 2 aromatic rings. The van der Waals surface area contributed by atoms with Crippen LogP contribution in [0.25, 0.3) is 0 Å². The number of imide groups is 1. The second-order valence-corrected chi connectivity index (χ2v) is 7.30. The molecule has 0 saturated carbocycles. The van der Waals surface area contributed by atoms with E-state index >= 15 is 0 Å². The third-order valence-corrected chi connectivity index (χ3v) is 5.01. The summed E-state index contributed by atoms with van der Waals surface area (Å²) in [4.78, 5) is 35.3. The molecule has 1 aliphatic heterocycles. The first-order chi connectivity index (χ1) is 12.9. The Kier molecular flexibility index (Phi) is 5.55. The van der Waals surface area contributed by atoms with Crippen LogP contribution in [0.4, 0.5) is 4.79 Å². The Morgan fingerprint density at radius 1 is 1.15 bits per heavy atom. The summed E-state index contributed by atoms with van der Waals surface area (Å²) < 4.78 is 9.32. The third kappa shape index (κ3) is 4.52. The Labute approximate surface area is 162 Å². The molecule has 3 rings (SSSR count). The standard InChI is InChI=1S/C19H16BNO5S/c1-25-15-4-2-3-13(9-15)16(22)11-26-14-7-5-12(6-8-14)10-19(20)17(23)21-18(24)27-19/h2-9H,10-11H2,1H3,(H,21,23,24)/t19-/m0/s1. The molecule has 8 heteroatoms. The van der Waals surface area contributed by atoms with E-state index in [9.17, 15) is 14.4 Å². The lowest BCUT2D eigenvalue weighted by Gasteiger charge is -2.18. The Morgan fingerprint density at radius 3 is 2.52 bits per heavy atom. The van der Waals surface area contributed by atoms with Crippen LogP contribution in [0.2, 0.25) is 0 Å². The predicted molar refractivity (Wildman–Crippen MR) is 103 cm³/mol. The van der Waals surface area contributed by atoms with Crippen LogP contribution >= 0.6 is 11.8 Å². The molecule has 6 nitrogen and oxygen atoms in total. The maximum atomic E-state index is 12.2. The number of methoxy groups -OCH3 is 1. The lowest BCUT2D eigenvalue weighted by atomic mass is 9.80. The van der Waals surface area contributed by atoms with Crippen LogP contribution in [-0.4, -0.2) is 43.1 Å². The second kappa shape index (κ2) is 7.88. The molecule has 1 heterocycles. The smallest absolute Gasteiger partial charge is 0.285 e. The van der Waals surface area contributed by atoms with Crippen molar-refractivity contribution in [1.82, 2.24) is 5.32 Å². The average Bonchev–Trinajstić information content (AvgIpc) is 2.92.